The number of nitrogens with one attached hydrogen (secondary N) is 1. The molecule has 2 aliphatic rings. The third-order valence-corrected chi connectivity index (χ3v) is 6.43. The van der Waals surface area contributed by atoms with Gasteiger partial charge in [0, 0.05) is 12.1 Å². The molecule has 0 radical (unpaired) electrons. The van der Waals surface area contributed by atoms with Crippen LogP contribution >= 0.6 is 12.4 Å². The lowest BCUT2D eigenvalue weighted by molar-refractivity contribution is 0.0148. The molecule has 0 bridgehead atoms. The second kappa shape index (κ2) is 9.89. The number of anilines is 2. The molecule has 1 saturated heterocycles. The molecule has 178 valence electrons. The molecule has 34 heavy (non-hydrogen) atoms. The number of carbonyl (C=O) groups excluding carboxylic acids is 1. The summed E-state index contributed by atoms with van der Waals surface area (Å²) < 4.78 is 19.7. The van der Waals surface area contributed by atoms with Crippen molar-refractivity contribution in [3.8, 4) is 11.3 Å². The lowest BCUT2D eigenvalue weighted by Gasteiger charge is -2.35. The predicted molar refractivity (Wildman–Crippen MR) is 128 cm³/mol. The second-order valence-electron chi connectivity index (χ2n) is 8.78. The largest absolute Gasteiger partial charge is 0.441 e. The number of ether oxygens (including phenoxy) is 1. The molecule has 0 unspecified atom stereocenters. The van der Waals surface area contributed by atoms with E-state index < -0.39 is 5.60 Å². The third-order valence-electron chi connectivity index (χ3n) is 6.43. The van der Waals surface area contributed by atoms with E-state index in [1.54, 1.807) is 35.2 Å². The minimum absolute atomic E-state index is 0. The maximum atomic E-state index is 13.9. The Morgan fingerprint density at radius 2 is 1.85 bits per heavy atom. The van der Waals surface area contributed by atoms with Gasteiger partial charge in [-0.15, -0.1) is 27.7 Å². The molecule has 1 aliphatic heterocycles. The summed E-state index contributed by atoms with van der Waals surface area (Å²) in [6, 6.07) is 13.8. The zero-order valence-electron chi connectivity index (χ0n) is 18.8. The fraction of sp³-hybridized carbons (Fsp3) is 0.375. The van der Waals surface area contributed by atoms with Crippen LogP contribution in [0.15, 0.2) is 48.5 Å². The monoisotopic (exact) mass is 484 g/mol. The highest BCUT2D eigenvalue weighted by Gasteiger charge is 2.48. The quantitative estimate of drug-likeness (QED) is 0.556. The van der Waals surface area contributed by atoms with Gasteiger partial charge in [-0.25, -0.2) is 9.18 Å². The average molecular weight is 485 g/mol. The van der Waals surface area contributed by atoms with Gasteiger partial charge >= 0.3 is 6.09 Å². The zero-order valence-corrected chi connectivity index (χ0v) is 19.6. The second-order valence-corrected chi connectivity index (χ2v) is 8.78. The van der Waals surface area contributed by atoms with Crippen LogP contribution in [-0.4, -0.2) is 45.2 Å². The van der Waals surface area contributed by atoms with Crippen LogP contribution < -0.4 is 10.2 Å². The molecule has 3 aromatic rings. The normalized spacial score (nSPS) is 21.8. The van der Waals surface area contributed by atoms with E-state index in [4.69, 9.17) is 4.74 Å². The Hall–Kier alpha value is -3.33. The van der Waals surface area contributed by atoms with Crippen LogP contribution in [0.25, 0.3) is 11.3 Å². The number of nitrogens with zero attached hydrogens (tertiary/aromatic N) is 5. The summed E-state index contributed by atoms with van der Waals surface area (Å²) in [6.45, 7) is 3.12. The van der Waals surface area contributed by atoms with E-state index in [-0.39, 0.29) is 24.3 Å². The number of benzene rings is 1. The first-order valence-corrected chi connectivity index (χ1v) is 11.1. The van der Waals surface area contributed by atoms with E-state index in [0.29, 0.717) is 35.4 Å². The van der Waals surface area contributed by atoms with Gasteiger partial charge in [-0.05, 0) is 74.9 Å². The first kappa shape index (κ1) is 23.8. The Balaban J connectivity index is 0.00000274. The van der Waals surface area contributed by atoms with Crippen LogP contribution in [0.2, 0.25) is 0 Å². The number of halogens is 2. The maximum absolute atomic E-state index is 13.9. The Morgan fingerprint density at radius 1 is 1.06 bits per heavy atom. The fourth-order valence-electron chi connectivity index (χ4n) is 4.49. The van der Waals surface area contributed by atoms with Crippen molar-refractivity contribution < 1.29 is 13.9 Å². The summed E-state index contributed by atoms with van der Waals surface area (Å²) in [4.78, 5) is 14.0. The highest BCUT2D eigenvalue weighted by Crippen LogP contribution is 2.40. The molecule has 0 atom stereocenters. The summed E-state index contributed by atoms with van der Waals surface area (Å²) in [5.74, 6) is 1.32. The van der Waals surface area contributed by atoms with Crippen molar-refractivity contribution >= 4 is 30.1 Å². The van der Waals surface area contributed by atoms with Crippen molar-refractivity contribution in [1.29, 1.82) is 0 Å². The molecule has 10 heteroatoms. The SMILES string of the molecule is Cc1ccc(N2C[C@]3(CC[C@@H](CNc4ccc(-c5ccccc5F)nn4)CC3)OC2=O)nn1.Cl. The fourth-order valence-corrected chi connectivity index (χ4v) is 4.49. The van der Waals surface area contributed by atoms with Crippen molar-refractivity contribution in [3.05, 3.63) is 60.0 Å². The summed E-state index contributed by atoms with van der Waals surface area (Å²) in [5.41, 5.74) is 1.29. The van der Waals surface area contributed by atoms with Crippen molar-refractivity contribution in [2.75, 3.05) is 23.3 Å². The van der Waals surface area contributed by atoms with Gasteiger partial charge in [-0.3, -0.25) is 4.90 Å². The molecule has 5 rings (SSSR count). The molecule has 2 fully saturated rings. The molecule has 1 saturated carbocycles. The first-order chi connectivity index (χ1) is 16.0. The zero-order chi connectivity index (χ0) is 22.8. The molecule has 3 heterocycles. The summed E-state index contributed by atoms with van der Waals surface area (Å²) in [6.07, 6.45) is 3.13. The van der Waals surface area contributed by atoms with Crippen LogP contribution in [0.3, 0.4) is 0 Å². The van der Waals surface area contributed by atoms with Crippen LogP contribution in [0.4, 0.5) is 20.8 Å². The molecule has 2 aromatic heterocycles. The Morgan fingerprint density at radius 3 is 2.53 bits per heavy atom. The standard InChI is InChI=1S/C24H25FN6O2.ClH/c1-16-6-9-22(30-27-16)31-15-24(33-23(31)32)12-10-17(11-13-24)14-26-21-8-7-20(28-29-21)18-4-2-3-5-19(18)25;/h2-9,17H,10-15H2,1H3,(H,26,29);1H/t17-,24-;. The highest BCUT2D eigenvalue weighted by atomic mass is 35.5. The summed E-state index contributed by atoms with van der Waals surface area (Å²) >= 11 is 0. The number of hydrogen-bond acceptors (Lipinski definition) is 7. The number of carbonyl (C=O) groups is 1. The number of rotatable bonds is 5. The van der Waals surface area contributed by atoms with Crippen LogP contribution in [0, 0.1) is 18.7 Å². The molecule has 1 aliphatic carbocycles. The molecule has 1 spiro atoms. The van der Waals surface area contributed by atoms with Gasteiger partial charge in [-0.1, -0.05) is 12.1 Å². The Kier molecular flexibility index (Phi) is 6.92. The molecular weight excluding hydrogens is 459 g/mol. The smallest absolute Gasteiger partial charge is 0.416 e. The van der Waals surface area contributed by atoms with Crippen LogP contribution in [-0.2, 0) is 4.74 Å². The molecular formula is C24H26ClFN6O2. The van der Waals surface area contributed by atoms with Crippen molar-refractivity contribution in [3.63, 3.8) is 0 Å². The van der Waals surface area contributed by atoms with Crippen molar-refractivity contribution in [2.45, 2.75) is 38.2 Å². The van der Waals surface area contributed by atoms with Crippen LogP contribution in [0.5, 0.6) is 0 Å². The van der Waals surface area contributed by atoms with Crippen molar-refractivity contribution in [2.24, 2.45) is 5.92 Å². The highest BCUT2D eigenvalue weighted by molar-refractivity contribution is 5.89. The molecule has 1 aromatic carbocycles. The summed E-state index contributed by atoms with van der Waals surface area (Å²) in [5, 5.41) is 19.9. The van der Waals surface area contributed by atoms with Gasteiger partial charge in [0.25, 0.3) is 0 Å². The lowest BCUT2D eigenvalue weighted by atomic mass is 9.78. The van der Waals surface area contributed by atoms with Gasteiger partial charge in [0.05, 0.1) is 17.9 Å². The Labute approximate surface area is 203 Å². The van der Waals surface area contributed by atoms with E-state index in [1.807, 2.05) is 19.1 Å². The van der Waals surface area contributed by atoms with Gasteiger partial charge in [0.1, 0.15) is 17.2 Å². The first-order valence-electron chi connectivity index (χ1n) is 11.1. The average Bonchev–Trinajstić information content (AvgIpc) is 3.15. The Bertz CT molecular complexity index is 1140. The van der Waals surface area contributed by atoms with E-state index in [2.05, 4.69) is 25.7 Å². The third kappa shape index (κ3) is 4.94. The van der Waals surface area contributed by atoms with E-state index in [1.165, 1.54) is 6.07 Å². The number of aromatic nitrogens is 4. The van der Waals surface area contributed by atoms with Crippen molar-refractivity contribution in [1.82, 2.24) is 20.4 Å². The minimum Gasteiger partial charge on any atom is -0.441 e. The summed E-state index contributed by atoms with van der Waals surface area (Å²) in [7, 11) is 0. The van der Waals surface area contributed by atoms with E-state index in [0.717, 1.165) is 37.9 Å². The van der Waals surface area contributed by atoms with Gasteiger partial charge in [0.2, 0.25) is 0 Å². The molecule has 8 nitrogen and oxygen atoms in total. The number of amides is 1. The maximum Gasteiger partial charge on any atom is 0.416 e. The number of hydrogen-bond donors (Lipinski definition) is 1. The molecule has 1 amide bonds. The van der Waals surface area contributed by atoms with Gasteiger partial charge in [-0.2, -0.15) is 5.10 Å². The van der Waals surface area contributed by atoms with E-state index >= 15 is 0 Å². The minimum atomic E-state index is -0.457. The molecule has 1 N–H and O–H groups in total. The predicted octanol–water partition coefficient (Wildman–Crippen LogP) is 4.80. The van der Waals surface area contributed by atoms with Gasteiger partial charge < -0.3 is 10.1 Å². The topological polar surface area (TPSA) is 93.1 Å². The lowest BCUT2D eigenvalue weighted by Crippen LogP contribution is -2.39. The van der Waals surface area contributed by atoms with Crippen LogP contribution in [0.1, 0.15) is 31.4 Å². The van der Waals surface area contributed by atoms with E-state index in [9.17, 15) is 9.18 Å². The van der Waals surface area contributed by atoms with Gasteiger partial charge in [0.15, 0.2) is 5.82 Å². The number of aryl methyl sites for hydroxylation is 1.